The molecule has 32 heavy (non-hydrogen) atoms. The second-order valence-corrected chi connectivity index (χ2v) is 9.68. The number of carbonyl (C=O) groups is 1. The van der Waals surface area contributed by atoms with Crippen LogP contribution in [0.5, 0.6) is 0 Å². The Kier molecular flexibility index (Phi) is 6.50. The van der Waals surface area contributed by atoms with Crippen molar-refractivity contribution in [3.8, 4) is 0 Å². The SMILES string of the molecule is O=C(CSc1nc(=O)n(C[C@@H]2CCCO2)c2c1CCC2)N1CCN(c2ccccc2)CC1. The summed E-state index contributed by atoms with van der Waals surface area (Å²) in [5, 5.41) is 0.752. The van der Waals surface area contributed by atoms with Crippen molar-refractivity contribution in [2.24, 2.45) is 0 Å². The molecule has 170 valence electrons. The van der Waals surface area contributed by atoms with E-state index < -0.39 is 0 Å². The normalized spacial score (nSPS) is 20.6. The van der Waals surface area contributed by atoms with Gasteiger partial charge in [-0.1, -0.05) is 30.0 Å². The molecule has 2 saturated heterocycles. The minimum atomic E-state index is -0.201. The number of fused-ring (bicyclic) bond motifs is 1. The van der Waals surface area contributed by atoms with E-state index in [0.717, 1.165) is 81.2 Å². The number of piperazine rings is 1. The summed E-state index contributed by atoms with van der Waals surface area (Å²) in [4.78, 5) is 34.3. The number of carbonyl (C=O) groups excluding carboxylic acids is 1. The summed E-state index contributed by atoms with van der Waals surface area (Å²) in [5.74, 6) is 0.458. The molecular formula is C24H30N4O3S. The number of nitrogens with zero attached hydrogens (tertiary/aromatic N) is 4. The average molecular weight is 455 g/mol. The van der Waals surface area contributed by atoms with Crippen LogP contribution >= 0.6 is 11.8 Å². The Balaban J connectivity index is 1.21. The van der Waals surface area contributed by atoms with Crippen LogP contribution in [0.2, 0.25) is 0 Å². The molecule has 0 unspecified atom stereocenters. The van der Waals surface area contributed by atoms with Gasteiger partial charge in [-0.15, -0.1) is 0 Å². The first-order chi connectivity index (χ1) is 15.7. The zero-order valence-electron chi connectivity index (χ0n) is 18.4. The van der Waals surface area contributed by atoms with Crippen molar-refractivity contribution < 1.29 is 9.53 Å². The maximum atomic E-state index is 12.9. The summed E-state index contributed by atoms with van der Waals surface area (Å²) >= 11 is 1.43. The van der Waals surface area contributed by atoms with E-state index in [-0.39, 0.29) is 17.7 Å². The topological polar surface area (TPSA) is 67.7 Å². The highest BCUT2D eigenvalue weighted by Gasteiger charge is 2.26. The molecule has 2 fully saturated rings. The molecule has 3 aliphatic rings. The first kappa shape index (κ1) is 21.5. The zero-order chi connectivity index (χ0) is 21.9. The Labute approximate surface area is 192 Å². The molecule has 1 aromatic carbocycles. The average Bonchev–Trinajstić information content (AvgIpc) is 3.52. The van der Waals surface area contributed by atoms with Gasteiger partial charge in [0, 0.05) is 49.7 Å². The molecule has 3 heterocycles. The van der Waals surface area contributed by atoms with Gasteiger partial charge in [0.05, 0.1) is 18.4 Å². The molecule has 0 bridgehead atoms. The number of para-hydroxylation sites is 1. The van der Waals surface area contributed by atoms with Crippen molar-refractivity contribution >= 4 is 23.4 Å². The molecule has 0 radical (unpaired) electrons. The Morgan fingerprint density at radius 2 is 1.91 bits per heavy atom. The third-order valence-corrected chi connectivity index (χ3v) is 7.70. The number of benzene rings is 1. The van der Waals surface area contributed by atoms with E-state index in [4.69, 9.17) is 4.74 Å². The fourth-order valence-corrected chi connectivity index (χ4v) is 5.94. The highest BCUT2D eigenvalue weighted by atomic mass is 32.2. The quantitative estimate of drug-likeness (QED) is 0.493. The summed E-state index contributed by atoms with van der Waals surface area (Å²) in [6.07, 6.45) is 5.06. The van der Waals surface area contributed by atoms with Crippen LogP contribution in [0.1, 0.15) is 30.5 Å². The maximum absolute atomic E-state index is 12.9. The van der Waals surface area contributed by atoms with E-state index in [1.54, 1.807) is 0 Å². The van der Waals surface area contributed by atoms with Crippen molar-refractivity contribution in [3.05, 3.63) is 52.1 Å². The number of hydrogen-bond donors (Lipinski definition) is 0. The fraction of sp³-hybridized carbons (Fsp3) is 0.542. The number of hydrogen-bond acceptors (Lipinski definition) is 6. The Bertz CT molecular complexity index is 1010. The maximum Gasteiger partial charge on any atom is 0.348 e. The van der Waals surface area contributed by atoms with Crippen LogP contribution in [-0.2, 0) is 28.9 Å². The molecule has 7 nitrogen and oxygen atoms in total. The Morgan fingerprint density at radius 1 is 1.09 bits per heavy atom. The third-order valence-electron chi connectivity index (χ3n) is 6.70. The smallest absolute Gasteiger partial charge is 0.348 e. The van der Waals surface area contributed by atoms with Crippen LogP contribution in [0.15, 0.2) is 40.2 Å². The summed E-state index contributed by atoms with van der Waals surface area (Å²) in [6, 6.07) is 10.3. The van der Waals surface area contributed by atoms with Crippen LogP contribution in [0.3, 0.4) is 0 Å². The van der Waals surface area contributed by atoms with Gasteiger partial charge in [0.15, 0.2) is 0 Å². The van der Waals surface area contributed by atoms with E-state index in [2.05, 4.69) is 22.0 Å². The molecule has 2 aliphatic heterocycles. The lowest BCUT2D eigenvalue weighted by Gasteiger charge is -2.36. The standard InChI is InChI=1S/C24H30N4O3S/c29-22(27-13-11-26(12-14-27)18-6-2-1-3-7-18)17-32-23-20-9-4-10-21(20)28(24(30)25-23)16-19-8-5-15-31-19/h1-3,6-7,19H,4-5,8-17H2/t19-/m0/s1. The van der Waals surface area contributed by atoms with E-state index in [0.29, 0.717) is 12.3 Å². The largest absolute Gasteiger partial charge is 0.376 e. The van der Waals surface area contributed by atoms with Gasteiger partial charge in [-0.25, -0.2) is 4.79 Å². The zero-order valence-corrected chi connectivity index (χ0v) is 19.2. The molecule has 0 saturated carbocycles. The number of amides is 1. The van der Waals surface area contributed by atoms with Crippen LogP contribution in [0.25, 0.3) is 0 Å². The molecular weight excluding hydrogens is 424 g/mol. The van der Waals surface area contributed by atoms with E-state index >= 15 is 0 Å². The second-order valence-electron chi connectivity index (χ2n) is 8.72. The molecule has 0 spiro atoms. The Hall–Kier alpha value is -2.32. The van der Waals surface area contributed by atoms with Gasteiger partial charge >= 0.3 is 5.69 Å². The van der Waals surface area contributed by atoms with Crippen LogP contribution in [-0.4, -0.2) is 65.0 Å². The predicted molar refractivity (Wildman–Crippen MR) is 125 cm³/mol. The summed E-state index contributed by atoms with van der Waals surface area (Å²) in [6.45, 7) is 4.51. The molecule has 1 amide bonds. The van der Waals surface area contributed by atoms with Gasteiger partial charge in [0.25, 0.3) is 0 Å². The first-order valence-electron chi connectivity index (χ1n) is 11.6. The minimum Gasteiger partial charge on any atom is -0.376 e. The number of thioether (sulfide) groups is 1. The predicted octanol–water partition coefficient (Wildman–Crippen LogP) is 2.35. The van der Waals surface area contributed by atoms with Crippen LogP contribution < -0.4 is 10.6 Å². The third kappa shape index (κ3) is 4.57. The van der Waals surface area contributed by atoms with Crippen molar-refractivity contribution in [1.82, 2.24) is 14.5 Å². The van der Waals surface area contributed by atoms with E-state index in [9.17, 15) is 9.59 Å². The number of anilines is 1. The lowest BCUT2D eigenvalue weighted by Crippen LogP contribution is -2.49. The molecule has 8 heteroatoms. The van der Waals surface area contributed by atoms with Gasteiger partial charge in [0.2, 0.25) is 5.91 Å². The summed E-state index contributed by atoms with van der Waals surface area (Å²) in [5.41, 5.74) is 3.27. The second kappa shape index (κ2) is 9.67. The molecule has 1 atom stereocenters. The van der Waals surface area contributed by atoms with Gasteiger partial charge in [-0.3, -0.25) is 9.36 Å². The van der Waals surface area contributed by atoms with Gasteiger partial charge in [-0.2, -0.15) is 4.98 Å². The van der Waals surface area contributed by atoms with Crippen LogP contribution in [0.4, 0.5) is 5.69 Å². The summed E-state index contributed by atoms with van der Waals surface area (Å²) < 4.78 is 7.56. The fourth-order valence-electron chi connectivity index (χ4n) is 4.96. The monoisotopic (exact) mass is 454 g/mol. The number of rotatable bonds is 6. The Morgan fingerprint density at radius 3 is 2.66 bits per heavy atom. The molecule has 1 aromatic heterocycles. The van der Waals surface area contributed by atoms with Crippen molar-refractivity contribution in [2.75, 3.05) is 43.4 Å². The van der Waals surface area contributed by atoms with Gasteiger partial charge in [0.1, 0.15) is 5.03 Å². The van der Waals surface area contributed by atoms with E-state index in [1.807, 2.05) is 27.7 Å². The van der Waals surface area contributed by atoms with Gasteiger partial charge in [-0.05, 0) is 44.2 Å². The number of ether oxygens (including phenoxy) is 1. The lowest BCUT2D eigenvalue weighted by atomic mass is 10.2. The molecule has 2 aromatic rings. The molecule has 0 N–H and O–H groups in total. The van der Waals surface area contributed by atoms with Crippen molar-refractivity contribution in [3.63, 3.8) is 0 Å². The highest BCUT2D eigenvalue weighted by molar-refractivity contribution is 7.99. The first-order valence-corrected chi connectivity index (χ1v) is 12.6. The van der Waals surface area contributed by atoms with Crippen LogP contribution in [0, 0.1) is 0 Å². The van der Waals surface area contributed by atoms with Crippen molar-refractivity contribution in [2.45, 2.75) is 49.8 Å². The minimum absolute atomic E-state index is 0.119. The molecule has 1 aliphatic carbocycles. The number of aromatic nitrogens is 2. The van der Waals surface area contributed by atoms with Gasteiger partial charge < -0.3 is 14.5 Å². The highest BCUT2D eigenvalue weighted by Crippen LogP contribution is 2.30. The lowest BCUT2D eigenvalue weighted by molar-refractivity contribution is -0.128. The van der Waals surface area contributed by atoms with E-state index in [1.165, 1.54) is 17.4 Å². The molecule has 5 rings (SSSR count). The summed E-state index contributed by atoms with van der Waals surface area (Å²) in [7, 11) is 0. The van der Waals surface area contributed by atoms with Crippen molar-refractivity contribution in [1.29, 1.82) is 0 Å².